The summed E-state index contributed by atoms with van der Waals surface area (Å²) in [6.45, 7) is 2.08. The van der Waals surface area contributed by atoms with Crippen LogP contribution in [0, 0.1) is 12.0 Å². The van der Waals surface area contributed by atoms with Crippen LogP contribution in [0.1, 0.15) is 30.3 Å². The maximum Gasteiger partial charge on any atom is 0.370 e. The van der Waals surface area contributed by atoms with E-state index in [-0.39, 0.29) is 24.5 Å². The Morgan fingerprint density at radius 2 is 2.22 bits per heavy atom. The summed E-state index contributed by atoms with van der Waals surface area (Å²) in [4.78, 5) is 26.1. The normalized spacial score (nSPS) is 8.94. The van der Waals surface area contributed by atoms with Crippen molar-refractivity contribution in [2.24, 2.45) is 0 Å². The van der Waals surface area contributed by atoms with Crippen molar-refractivity contribution in [3.63, 3.8) is 0 Å². The fourth-order valence-corrected chi connectivity index (χ4v) is 1.07. The number of rotatable bonds is 4. The van der Waals surface area contributed by atoms with Crippen LogP contribution in [0.3, 0.4) is 0 Å². The highest BCUT2D eigenvalue weighted by atomic mass is 16.5. The maximum absolute atomic E-state index is 11.4. The van der Waals surface area contributed by atoms with E-state index in [0.717, 1.165) is 0 Å². The second kappa shape index (κ2) is 7.85. The Balaban J connectivity index is 2.29. The molecule has 0 saturated carbocycles. The van der Waals surface area contributed by atoms with Gasteiger partial charge < -0.3 is 9.47 Å². The largest absolute Gasteiger partial charge is 0.466 e. The van der Waals surface area contributed by atoms with Gasteiger partial charge in [-0.05, 0) is 19.1 Å². The molecule has 18 heavy (non-hydrogen) atoms. The SMILES string of the molecule is CCOC(=O)CCC#COC(=O)c1ccccn1. The molecule has 0 aliphatic rings. The molecular formula is C13H13NO4. The van der Waals surface area contributed by atoms with Crippen LogP contribution in [0.2, 0.25) is 0 Å². The van der Waals surface area contributed by atoms with Crippen LogP contribution in [0.4, 0.5) is 0 Å². The van der Waals surface area contributed by atoms with E-state index >= 15 is 0 Å². The van der Waals surface area contributed by atoms with Gasteiger partial charge in [0, 0.05) is 12.6 Å². The van der Waals surface area contributed by atoms with Crippen molar-refractivity contribution >= 4 is 11.9 Å². The molecule has 1 aromatic heterocycles. The maximum atomic E-state index is 11.4. The molecule has 0 saturated heterocycles. The van der Waals surface area contributed by atoms with Crippen LogP contribution in [0.25, 0.3) is 0 Å². The van der Waals surface area contributed by atoms with Gasteiger partial charge >= 0.3 is 11.9 Å². The van der Waals surface area contributed by atoms with Crippen molar-refractivity contribution < 1.29 is 19.1 Å². The highest BCUT2D eigenvalue weighted by Crippen LogP contribution is 1.96. The van der Waals surface area contributed by atoms with Gasteiger partial charge in [0.2, 0.25) is 0 Å². The number of carbonyl (C=O) groups is 2. The van der Waals surface area contributed by atoms with Crippen molar-refractivity contribution in [3.05, 3.63) is 30.1 Å². The third-order valence-electron chi connectivity index (χ3n) is 1.85. The fraction of sp³-hybridized carbons (Fsp3) is 0.308. The zero-order chi connectivity index (χ0) is 13.2. The number of carbonyl (C=O) groups excluding carboxylic acids is 2. The smallest absolute Gasteiger partial charge is 0.370 e. The second-order valence-corrected chi connectivity index (χ2v) is 3.19. The molecule has 0 aliphatic heterocycles. The highest BCUT2D eigenvalue weighted by Gasteiger charge is 2.05. The molecule has 0 aromatic carbocycles. The average Bonchev–Trinajstić information content (AvgIpc) is 2.39. The number of ether oxygens (including phenoxy) is 2. The molecule has 0 amide bonds. The highest BCUT2D eigenvalue weighted by molar-refractivity contribution is 5.87. The van der Waals surface area contributed by atoms with Gasteiger partial charge in [-0.25, -0.2) is 9.78 Å². The molecule has 0 radical (unpaired) electrons. The topological polar surface area (TPSA) is 65.5 Å². The summed E-state index contributed by atoms with van der Waals surface area (Å²) in [5.74, 6) is 1.63. The van der Waals surface area contributed by atoms with Crippen molar-refractivity contribution in [3.8, 4) is 12.0 Å². The van der Waals surface area contributed by atoms with Crippen molar-refractivity contribution in [1.82, 2.24) is 4.98 Å². The monoisotopic (exact) mass is 247 g/mol. The summed E-state index contributed by atoms with van der Waals surface area (Å²) in [6, 6.07) is 4.90. The molecule has 5 heteroatoms. The minimum absolute atomic E-state index is 0.183. The zero-order valence-electron chi connectivity index (χ0n) is 10.0. The summed E-state index contributed by atoms with van der Waals surface area (Å²) >= 11 is 0. The fourth-order valence-electron chi connectivity index (χ4n) is 1.07. The van der Waals surface area contributed by atoms with Gasteiger partial charge in [0.1, 0.15) is 11.8 Å². The van der Waals surface area contributed by atoms with Crippen LogP contribution >= 0.6 is 0 Å². The van der Waals surface area contributed by atoms with E-state index in [1.54, 1.807) is 19.1 Å². The van der Waals surface area contributed by atoms with Crippen molar-refractivity contribution in [2.45, 2.75) is 19.8 Å². The van der Waals surface area contributed by atoms with Crippen LogP contribution in [-0.4, -0.2) is 23.5 Å². The Morgan fingerprint density at radius 1 is 1.39 bits per heavy atom. The minimum Gasteiger partial charge on any atom is -0.466 e. The molecule has 0 aliphatic carbocycles. The predicted molar refractivity (Wildman–Crippen MR) is 63.3 cm³/mol. The summed E-state index contributed by atoms with van der Waals surface area (Å²) in [5.41, 5.74) is 0.192. The molecular weight excluding hydrogens is 234 g/mol. The van der Waals surface area contributed by atoms with Crippen LogP contribution in [-0.2, 0) is 14.3 Å². The van der Waals surface area contributed by atoms with Gasteiger partial charge in [-0.1, -0.05) is 12.0 Å². The molecule has 1 aromatic rings. The summed E-state index contributed by atoms with van der Waals surface area (Å²) in [5, 5.41) is 0. The van der Waals surface area contributed by atoms with E-state index in [9.17, 15) is 9.59 Å². The minimum atomic E-state index is -0.612. The average molecular weight is 247 g/mol. The first-order valence-electron chi connectivity index (χ1n) is 5.49. The van der Waals surface area contributed by atoms with E-state index in [1.165, 1.54) is 12.3 Å². The van der Waals surface area contributed by atoms with Gasteiger partial charge in [0.05, 0.1) is 13.0 Å². The summed E-state index contributed by atoms with van der Waals surface area (Å²) in [7, 11) is 0. The molecule has 0 N–H and O–H groups in total. The third kappa shape index (κ3) is 5.12. The summed E-state index contributed by atoms with van der Waals surface area (Å²) < 4.78 is 9.37. The Bertz CT molecular complexity index is 459. The molecule has 5 nitrogen and oxygen atoms in total. The van der Waals surface area contributed by atoms with E-state index in [2.05, 4.69) is 21.7 Å². The lowest BCUT2D eigenvalue weighted by atomic mass is 10.3. The quantitative estimate of drug-likeness (QED) is 0.596. The van der Waals surface area contributed by atoms with Gasteiger partial charge in [-0.3, -0.25) is 4.79 Å². The molecule has 94 valence electrons. The van der Waals surface area contributed by atoms with Crippen LogP contribution < -0.4 is 0 Å². The molecule has 1 rings (SSSR count). The van der Waals surface area contributed by atoms with E-state index < -0.39 is 5.97 Å². The zero-order valence-corrected chi connectivity index (χ0v) is 10.0. The third-order valence-corrected chi connectivity index (χ3v) is 1.85. The predicted octanol–water partition coefficient (Wildman–Crippen LogP) is 1.54. The Morgan fingerprint density at radius 3 is 2.89 bits per heavy atom. The van der Waals surface area contributed by atoms with E-state index in [1.807, 2.05) is 0 Å². The van der Waals surface area contributed by atoms with E-state index in [0.29, 0.717) is 6.61 Å². The molecule has 0 fully saturated rings. The number of nitrogens with zero attached hydrogens (tertiary/aromatic N) is 1. The van der Waals surface area contributed by atoms with Gasteiger partial charge in [0.15, 0.2) is 0 Å². The van der Waals surface area contributed by atoms with Gasteiger partial charge in [-0.15, -0.1) is 0 Å². The second-order valence-electron chi connectivity index (χ2n) is 3.19. The molecule has 1 heterocycles. The first-order chi connectivity index (χ1) is 8.74. The molecule has 0 bridgehead atoms. The number of hydrogen-bond acceptors (Lipinski definition) is 5. The number of esters is 2. The number of pyridine rings is 1. The lowest BCUT2D eigenvalue weighted by molar-refractivity contribution is -0.142. The number of aromatic nitrogens is 1. The Kier molecular flexibility index (Phi) is 5.98. The molecule has 0 unspecified atom stereocenters. The van der Waals surface area contributed by atoms with Crippen LogP contribution in [0.5, 0.6) is 0 Å². The van der Waals surface area contributed by atoms with Gasteiger partial charge in [-0.2, -0.15) is 0 Å². The lowest BCUT2D eigenvalue weighted by Gasteiger charge is -1.97. The summed E-state index contributed by atoms with van der Waals surface area (Å²) in [6.07, 6.45) is 4.19. The van der Waals surface area contributed by atoms with Crippen LogP contribution in [0.15, 0.2) is 24.4 Å². The van der Waals surface area contributed by atoms with E-state index in [4.69, 9.17) is 4.74 Å². The first-order valence-corrected chi connectivity index (χ1v) is 5.49. The standard InChI is InChI=1S/C13H13NO4/c1-2-17-12(15)8-4-6-10-18-13(16)11-7-3-5-9-14-11/h3,5,7,9H,2,4,8H2,1H3. The molecule has 0 spiro atoms. The Hall–Kier alpha value is -2.35. The van der Waals surface area contributed by atoms with Crippen molar-refractivity contribution in [2.75, 3.05) is 6.61 Å². The number of hydrogen-bond donors (Lipinski definition) is 0. The lowest BCUT2D eigenvalue weighted by Crippen LogP contribution is -2.03. The molecule has 0 atom stereocenters. The Labute approximate surface area is 105 Å². The first kappa shape index (κ1) is 13.7. The van der Waals surface area contributed by atoms with Crippen molar-refractivity contribution in [1.29, 1.82) is 0 Å². The van der Waals surface area contributed by atoms with Gasteiger partial charge in [0.25, 0.3) is 0 Å².